The molecule has 0 bridgehead atoms. The Balaban J connectivity index is 2.14. The van der Waals surface area contributed by atoms with Crippen LogP contribution in [-0.4, -0.2) is 30.3 Å². The number of rotatable bonds is 5. The Morgan fingerprint density at radius 1 is 1.39 bits per heavy atom. The first-order chi connectivity index (χ1) is 8.58. The van der Waals surface area contributed by atoms with Gasteiger partial charge in [0.1, 0.15) is 0 Å². The Labute approximate surface area is 119 Å². The van der Waals surface area contributed by atoms with E-state index in [0.717, 1.165) is 9.47 Å². The molecule has 0 saturated carbocycles. The van der Waals surface area contributed by atoms with Crippen LogP contribution < -0.4 is 10.6 Å². The fourth-order valence-corrected chi connectivity index (χ4v) is 4.27. The number of hydrogen-bond donors (Lipinski definition) is 1. The monoisotopic (exact) mass is 300 g/mol. The quantitative estimate of drug-likeness (QED) is 0.861. The first-order valence-corrected chi connectivity index (χ1v) is 8.17. The lowest BCUT2D eigenvalue weighted by Crippen LogP contribution is -2.22. The van der Waals surface area contributed by atoms with E-state index in [0.29, 0.717) is 0 Å². The van der Waals surface area contributed by atoms with Crippen molar-refractivity contribution in [1.82, 2.24) is 10.2 Å². The van der Waals surface area contributed by atoms with Gasteiger partial charge in [0.15, 0.2) is 4.34 Å². The minimum atomic E-state index is 0.0799. The summed E-state index contributed by atoms with van der Waals surface area (Å²) < 4.78 is 0.965. The van der Waals surface area contributed by atoms with Crippen LogP contribution in [0.4, 0.5) is 5.13 Å². The van der Waals surface area contributed by atoms with Crippen molar-refractivity contribution in [3.8, 4) is 0 Å². The average Bonchev–Trinajstić information content (AvgIpc) is 2.96. The largest absolute Gasteiger partial charge is 0.353 e. The van der Waals surface area contributed by atoms with Crippen LogP contribution in [0.15, 0.2) is 21.2 Å². The van der Waals surface area contributed by atoms with Gasteiger partial charge in [0.25, 0.3) is 0 Å². The maximum Gasteiger partial charge on any atom is 0.208 e. The van der Waals surface area contributed by atoms with Gasteiger partial charge in [-0.3, -0.25) is 0 Å². The van der Waals surface area contributed by atoms with E-state index >= 15 is 0 Å². The molecule has 0 amide bonds. The molecule has 2 rings (SSSR count). The average molecular weight is 300 g/mol. The summed E-state index contributed by atoms with van der Waals surface area (Å²) in [4.78, 5) is 1.97. The van der Waals surface area contributed by atoms with E-state index in [4.69, 9.17) is 5.73 Å². The van der Waals surface area contributed by atoms with Crippen molar-refractivity contribution in [2.24, 2.45) is 5.73 Å². The summed E-state index contributed by atoms with van der Waals surface area (Å²) in [6.45, 7) is 2.03. The molecule has 0 saturated heterocycles. The standard InChI is InChI=1S/C11H16N4S3/c1-7(12)9(8-4-5-16-6-8)17-11-14-13-10(18-11)15(2)3/h4-7,9H,12H2,1-3H3. The van der Waals surface area contributed by atoms with E-state index in [1.165, 1.54) is 5.56 Å². The lowest BCUT2D eigenvalue weighted by molar-refractivity contribution is 0.722. The number of thioether (sulfide) groups is 1. The summed E-state index contributed by atoms with van der Waals surface area (Å²) in [7, 11) is 3.94. The fourth-order valence-electron chi connectivity index (χ4n) is 1.46. The zero-order valence-electron chi connectivity index (χ0n) is 10.5. The first kappa shape index (κ1) is 13.8. The smallest absolute Gasteiger partial charge is 0.208 e. The van der Waals surface area contributed by atoms with E-state index in [1.807, 2.05) is 25.9 Å². The second kappa shape index (κ2) is 6.01. The molecule has 0 aromatic carbocycles. The van der Waals surface area contributed by atoms with Crippen LogP contribution in [0.25, 0.3) is 0 Å². The predicted molar refractivity (Wildman–Crippen MR) is 80.8 cm³/mol. The van der Waals surface area contributed by atoms with Gasteiger partial charge in [-0.25, -0.2) is 0 Å². The topological polar surface area (TPSA) is 55.0 Å². The highest BCUT2D eigenvalue weighted by Gasteiger charge is 2.20. The van der Waals surface area contributed by atoms with Crippen molar-refractivity contribution < 1.29 is 0 Å². The molecule has 2 unspecified atom stereocenters. The molecule has 2 atom stereocenters. The van der Waals surface area contributed by atoms with Crippen molar-refractivity contribution in [1.29, 1.82) is 0 Å². The van der Waals surface area contributed by atoms with Crippen molar-refractivity contribution in [3.05, 3.63) is 22.4 Å². The Bertz CT molecular complexity index is 478. The third-order valence-corrected chi connectivity index (χ3v) is 5.72. The molecule has 0 spiro atoms. The number of thiophene rings is 1. The van der Waals surface area contributed by atoms with Crippen LogP contribution in [0.3, 0.4) is 0 Å². The SMILES string of the molecule is CC(N)C(Sc1nnc(N(C)C)s1)c1ccsc1. The molecule has 2 aromatic rings. The number of nitrogens with two attached hydrogens (primary N) is 1. The summed E-state index contributed by atoms with van der Waals surface area (Å²) in [6.07, 6.45) is 0. The minimum absolute atomic E-state index is 0.0799. The molecule has 2 heterocycles. The molecule has 0 aliphatic rings. The number of nitrogens with zero attached hydrogens (tertiary/aromatic N) is 3. The Kier molecular flexibility index (Phi) is 4.60. The molecule has 0 fully saturated rings. The van der Waals surface area contributed by atoms with E-state index in [9.17, 15) is 0 Å². The first-order valence-electron chi connectivity index (χ1n) is 5.53. The molecule has 0 aliphatic carbocycles. The Hall–Kier alpha value is -0.630. The van der Waals surface area contributed by atoms with Crippen LogP contribution in [0, 0.1) is 0 Å². The second-order valence-electron chi connectivity index (χ2n) is 4.20. The summed E-state index contributed by atoms with van der Waals surface area (Å²) >= 11 is 4.99. The Morgan fingerprint density at radius 3 is 2.67 bits per heavy atom. The maximum absolute atomic E-state index is 6.07. The molecule has 2 N–H and O–H groups in total. The summed E-state index contributed by atoms with van der Waals surface area (Å²) in [5, 5.41) is 13.7. The fraction of sp³-hybridized carbons (Fsp3) is 0.455. The molecule has 18 heavy (non-hydrogen) atoms. The lowest BCUT2D eigenvalue weighted by Gasteiger charge is -2.17. The van der Waals surface area contributed by atoms with Crippen molar-refractivity contribution in [2.75, 3.05) is 19.0 Å². The minimum Gasteiger partial charge on any atom is -0.353 e. The van der Waals surface area contributed by atoms with Crippen LogP contribution in [-0.2, 0) is 0 Å². The van der Waals surface area contributed by atoms with Gasteiger partial charge < -0.3 is 10.6 Å². The molecule has 2 aromatic heterocycles. The van der Waals surface area contributed by atoms with E-state index in [-0.39, 0.29) is 11.3 Å². The summed E-state index contributed by atoms with van der Waals surface area (Å²) in [5.41, 5.74) is 7.34. The van der Waals surface area contributed by atoms with Crippen LogP contribution in [0.2, 0.25) is 0 Å². The van der Waals surface area contributed by atoms with Crippen molar-refractivity contribution >= 4 is 39.6 Å². The summed E-state index contributed by atoms with van der Waals surface area (Å²) in [5.74, 6) is 0. The molecule has 98 valence electrons. The van der Waals surface area contributed by atoms with Gasteiger partial charge in [-0.15, -0.1) is 10.2 Å². The van der Waals surface area contributed by atoms with Crippen molar-refractivity contribution in [3.63, 3.8) is 0 Å². The zero-order chi connectivity index (χ0) is 13.1. The lowest BCUT2D eigenvalue weighted by atomic mass is 10.1. The molecular formula is C11H16N4S3. The third kappa shape index (κ3) is 3.23. The van der Waals surface area contributed by atoms with Gasteiger partial charge in [-0.05, 0) is 29.3 Å². The molecule has 0 aliphatic heterocycles. The highest BCUT2D eigenvalue weighted by atomic mass is 32.2. The highest BCUT2D eigenvalue weighted by molar-refractivity contribution is 8.01. The Morgan fingerprint density at radius 2 is 2.17 bits per heavy atom. The molecule has 7 heteroatoms. The molecule has 4 nitrogen and oxygen atoms in total. The molecule has 0 radical (unpaired) electrons. The van der Waals surface area contributed by atoms with Gasteiger partial charge in [-0.1, -0.05) is 23.1 Å². The van der Waals surface area contributed by atoms with Crippen LogP contribution in [0.5, 0.6) is 0 Å². The van der Waals surface area contributed by atoms with Gasteiger partial charge in [-0.2, -0.15) is 11.3 Å². The third-order valence-electron chi connectivity index (χ3n) is 2.36. The van der Waals surface area contributed by atoms with Crippen LogP contribution in [0.1, 0.15) is 17.7 Å². The van der Waals surface area contributed by atoms with E-state index < -0.39 is 0 Å². The van der Waals surface area contributed by atoms with Gasteiger partial charge >= 0.3 is 0 Å². The van der Waals surface area contributed by atoms with Crippen molar-refractivity contribution in [2.45, 2.75) is 22.6 Å². The maximum atomic E-state index is 6.07. The molecular weight excluding hydrogens is 284 g/mol. The van der Waals surface area contributed by atoms with E-state index in [1.54, 1.807) is 34.4 Å². The second-order valence-corrected chi connectivity index (χ2v) is 7.32. The van der Waals surface area contributed by atoms with Gasteiger partial charge in [0.05, 0.1) is 5.25 Å². The zero-order valence-corrected chi connectivity index (χ0v) is 13.0. The normalized spacial score (nSPS) is 14.4. The van der Waals surface area contributed by atoms with Gasteiger partial charge in [0.2, 0.25) is 5.13 Å². The number of anilines is 1. The van der Waals surface area contributed by atoms with Gasteiger partial charge in [0, 0.05) is 20.1 Å². The summed E-state index contributed by atoms with van der Waals surface area (Å²) in [6, 6.07) is 2.20. The predicted octanol–water partition coefficient (Wildman–Crippen LogP) is 2.85. The van der Waals surface area contributed by atoms with E-state index in [2.05, 4.69) is 27.0 Å². The van der Waals surface area contributed by atoms with Crippen LogP contribution >= 0.6 is 34.4 Å². The number of aromatic nitrogens is 2. The number of hydrogen-bond acceptors (Lipinski definition) is 7. The highest BCUT2D eigenvalue weighted by Crippen LogP contribution is 2.40.